The molecule has 5 aromatic rings. The van der Waals surface area contributed by atoms with Gasteiger partial charge in [0.2, 0.25) is 17.7 Å². The van der Waals surface area contributed by atoms with Crippen molar-refractivity contribution in [3.63, 3.8) is 0 Å². The maximum absolute atomic E-state index is 13.9. The lowest BCUT2D eigenvalue weighted by molar-refractivity contribution is -0.142. The van der Waals surface area contributed by atoms with E-state index < -0.39 is 47.9 Å². The minimum Gasteiger partial charge on any atom is -0.508 e. The van der Waals surface area contributed by atoms with Crippen molar-refractivity contribution in [1.29, 1.82) is 0 Å². The number of aromatic hydroxyl groups is 1. The molecule has 0 bridgehead atoms. The van der Waals surface area contributed by atoms with E-state index in [1.807, 2.05) is 24.3 Å². The van der Waals surface area contributed by atoms with Crippen molar-refractivity contribution in [2.75, 3.05) is 0 Å². The van der Waals surface area contributed by atoms with E-state index in [1.165, 1.54) is 37.2 Å². The van der Waals surface area contributed by atoms with Crippen LogP contribution in [0.5, 0.6) is 5.75 Å². The number of aromatic nitrogens is 5. The first-order valence-corrected chi connectivity index (χ1v) is 14.8. The standard InChI is InChI=1S/C32H35N9O6/c33-24(9-18-5-7-22(42)8-6-18)29(43)39-27(11-20-14-34-16-37-20)31(45)40-26(10-19-13-36-25-4-2-1-3-23(19)25)30(44)41-28(32(46)47)12-21-15-35-17-38-21/h1-8,13-17,24,26-28,36,42H,9-12,33H2,(H,34,37)(H,35,38)(H,39,43)(H,40,45)(H,41,44)(H,46,47). The molecule has 0 radical (unpaired) electrons. The van der Waals surface area contributed by atoms with Crippen molar-refractivity contribution >= 4 is 34.6 Å². The second-order valence-corrected chi connectivity index (χ2v) is 11.1. The summed E-state index contributed by atoms with van der Waals surface area (Å²) in [6, 6.07) is 8.94. The van der Waals surface area contributed by atoms with Crippen molar-refractivity contribution in [1.82, 2.24) is 40.9 Å². The number of phenols is 1. The number of aliphatic carboxylic acids is 1. The quantitative estimate of drug-likeness (QED) is 0.0769. The first-order chi connectivity index (χ1) is 22.7. The van der Waals surface area contributed by atoms with E-state index in [9.17, 15) is 29.4 Å². The Kier molecular flexibility index (Phi) is 10.3. The molecule has 0 aliphatic carbocycles. The number of nitrogens with one attached hydrogen (secondary N) is 6. The molecule has 0 saturated heterocycles. The van der Waals surface area contributed by atoms with E-state index >= 15 is 0 Å². The molecule has 2 aromatic carbocycles. The molecule has 244 valence electrons. The summed E-state index contributed by atoms with van der Waals surface area (Å²) in [5.74, 6) is -3.22. The summed E-state index contributed by atoms with van der Waals surface area (Å²) in [6.45, 7) is 0. The number of carbonyl (C=O) groups is 4. The Hall–Kier alpha value is -5.96. The fourth-order valence-corrected chi connectivity index (χ4v) is 5.17. The third-order valence-electron chi connectivity index (χ3n) is 7.67. The van der Waals surface area contributed by atoms with Crippen molar-refractivity contribution in [2.45, 2.75) is 49.9 Å². The van der Waals surface area contributed by atoms with Gasteiger partial charge in [0, 0.05) is 60.1 Å². The number of imidazole rings is 2. The Bertz CT molecular complexity index is 1800. The van der Waals surface area contributed by atoms with E-state index in [4.69, 9.17) is 5.73 Å². The highest BCUT2D eigenvalue weighted by Gasteiger charge is 2.32. The number of para-hydroxylation sites is 1. The van der Waals surface area contributed by atoms with Crippen LogP contribution in [-0.2, 0) is 44.9 Å². The number of nitrogens with two attached hydrogens (primary N) is 1. The van der Waals surface area contributed by atoms with Crippen molar-refractivity contribution in [3.05, 3.63) is 102 Å². The topological polar surface area (TPSA) is 244 Å². The van der Waals surface area contributed by atoms with Crippen LogP contribution in [0.15, 0.2) is 79.8 Å². The van der Waals surface area contributed by atoms with Crippen LogP contribution in [0.4, 0.5) is 0 Å². The Morgan fingerprint density at radius 2 is 1.30 bits per heavy atom. The largest absolute Gasteiger partial charge is 0.508 e. The van der Waals surface area contributed by atoms with Crippen molar-refractivity contribution in [3.8, 4) is 5.75 Å². The number of nitrogens with zero attached hydrogens (tertiary/aromatic N) is 2. The van der Waals surface area contributed by atoms with Gasteiger partial charge in [0.1, 0.15) is 23.9 Å². The number of H-pyrrole nitrogens is 3. The second-order valence-electron chi connectivity index (χ2n) is 11.1. The third kappa shape index (κ3) is 8.61. The van der Waals surface area contributed by atoms with Gasteiger partial charge in [-0.25, -0.2) is 14.8 Å². The number of carboxylic acids is 1. The van der Waals surface area contributed by atoms with Crippen LogP contribution in [0.1, 0.15) is 22.5 Å². The minimum absolute atomic E-state index is 0.00248. The molecular formula is C32H35N9O6. The van der Waals surface area contributed by atoms with Crippen LogP contribution in [0.25, 0.3) is 10.9 Å². The first-order valence-electron chi connectivity index (χ1n) is 14.8. The zero-order valence-corrected chi connectivity index (χ0v) is 25.1. The van der Waals surface area contributed by atoms with Gasteiger partial charge in [-0.15, -0.1) is 0 Å². The number of phenolic OH excluding ortho intramolecular Hbond substituents is 1. The average Bonchev–Trinajstić information content (AvgIpc) is 3.84. The number of carboxylic acid groups (broad SMARTS) is 1. The number of fused-ring (bicyclic) bond motifs is 1. The molecule has 5 rings (SSSR count). The van der Waals surface area contributed by atoms with Gasteiger partial charge in [-0.05, 0) is 35.7 Å². The van der Waals surface area contributed by atoms with Crippen LogP contribution in [0.3, 0.4) is 0 Å². The monoisotopic (exact) mass is 641 g/mol. The lowest BCUT2D eigenvalue weighted by Gasteiger charge is -2.25. The number of benzene rings is 2. The van der Waals surface area contributed by atoms with Crippen LogP contribution < -0.4 is 21.7 Å². The van der Waals surface area contributed by atoms with Crippen LogP contribution in [-0.4, -0.2) is 83.0 Å². The van der Waals surface area contributed by atoms with Crippen LogP contribution >= 0.6 is 0 Å². The molecule has 47 heavy (non-hydrogen) atoms. The van der Waals surface area contributed by atoms with E-state index in [2.05, 4.69) is 40.9 Å². The summed E-state index contributed by atoms with van der Waals surface area (Å²) in [7, 11) is 0. The molecule has 0 fully saturated rings. The summed E-state index contributed by atoms with van der Waals surface area (Å²) in [4.78, 5) is 69.6. The highest BCUT2D eigenvalue weighted by Crippen LogP contribution is 2.20. The predicted molar refractivity (Wildman–Crippen MR) is 170 cm³/mol. The average molecular weight is 642 g/mol. The smallest absolute Gasteiger partial charge is 0.326 e. The number of rotatable bonds is 15. The third-order valence-corrected chi connectivity index (χ3v) is 7.67. The van der Waals surface area contributed by atoms with Gasteiger partial charge in [0.15, 0.2) is 0 Å². The number of carbonyl (C=O) groups excluding carboxylic acids is 3. The van der Waals surface area contributed by atoms with E-state index in [0.29, 0.717) is 22.5 Å². The fraction of sp³-hybridized carbons (Fsp3) is 0.250. The Labute approximate surface area is 268 Å². The summed E-state index contributed by atoms with van der Waals surface area (Å²) in [6.07, 6.45) is 7.63. The summed E-state index contributed by atoms with van der Waals surface area (Å²) < 4.78 is 0. The molecule has 4 atom stereocenters. The SMILES string of the molecule is NC(Cc1ccc(O)cc1)C(=O)NC(Cc1cnc[nH]1)C(=O)NC(Cc1c[nH]c2ccccc12)C(=O)NC(Cc1cnc[nH]1)C(=O)O. The second kappa shape index (κ2) is 14.9. The zero-order valence-electron chi connectivity index (χ0n) is 25.1. The highest BCUT2D eigenvalue weighted by atomic mass is 16.4. The molecule has 10 N–H and O–H groups in total. The Morgan fingerprint density at radius 1 is 0.723 bits per heavy atom. The molecule has 3 heterocycles. The molecular weight excluding hydrogens is 606 g/mol. The molecule has 0 saturated carbocycles. The lowest BCUT2D eigenvalue weighted by Crippen LogP contribution is -2.58. The lowest BCUT2D eigenvalue weighted by atomic mass is 10.0. The zero-order chi connectivity index (χ0) is 33.3. The van der Waals surface area contributed by atoms with Gasteiger partial charge >= 0.3 is 5.97 Å². The Balaban J connectivity index is 1.36. The fourth-order valence-electron chi connectivity index (χ4n) is 5.17. The van der Waals surface area contributed by atoms with Gasteiger partial charge < -0.3 is 46.8 Å². The maximum Gasteiger partial charge on any atom is 0.326 e. The minimum atomic E-state index is -1.32. The van der Waals surface area contributed by atoms with Gasteiger partial charge in [-0.3, -0.25) is 14.4 Å². The Morgan fingerprint density at radius 3 is 1.91 bits per heavy atom. The molecule has 15 nitrogen and oxygen atoms in total. The maximum atomic E-state index is 13.9. The first kappa shape index (κ1) is 32.4. The van der Waals surface area contributed by atoms with E-state index in [0.717, 1.165) is 10.9 Å². The number of amides is 3. The number of aromatic amines is 3. The number of hydrogen-bond donors (Lipinski definition) is 9. The highest BCUT2D eigenvalue weighted by molar-refractivity contribution is 5.95. The van der Waals surface area contributed by atoms with E-state index in [1.54, 1.807) is 18.3 Å². The molecule has 0 spiro atoms. The van der Waals surface area contributed by atoms with Gasteiger partial charge in [0.25, 0.3) is 0 Å². The van der Waals surface area contributed by atoms with Crippen molar-refractivity contribution < 1.29 is 29.4 Å². The molecule has 0 aliphatic rings. The van der Waals surface area contributed by atoms with Crippen LogP contribution in [0.2, 0.25) is 0 Å². The van der Waals surface area contributed by atoms with Gasteiger partial charge in [-0.2, -0.15) is 0 Å². The number of hydrogen-bond acceptors (Lipinski definition) is 8. The van der Waals surface area contributed by atoms with Crippen LogP contribution in [0, 0.1) is 0 Å². The van der Waals surface area contributed by atoms with Crippen molar-refractivity contribution in [2.24, 2.45) is 5.73 Å². The van der Waals surface area contributed by atoms with Gasteiger partial charge in [-0.1, -0.05) is 30.3 Å². The molecule has 0 aliphatic heterocycles. The molecule has 4 unspecified atom stereocenters. The molecule has 3 aromatic heterocycles. The summed E-state index contributed by atoms with van der Waals surface area (Å²) in [5.41, 5.74) is 9.47. The predicted octanol–water partition coefficient (Wildman–Crippen LogP) is 0.457. The summed E-state index contributed by atoms with van der Waals surface area (Å²) >= 11 is 0. The van der Waals surface area contributed by atoms with Gasteiger partial charge in [0.05, 0.1) is 18.7 Å². The molecule has 3 amide bonds. The normalized spacial score (nSPS) is 13.7. The molecule has 15 heteroatoms. The van der Waals surface area contributed by atoms with E-state index in [-0.39, 0.29) is 31.4 Å². The summed E-state index contributed by atoms with van der Waals surface area (Å²) in [5, 5.41) is 28.2.